The molecular weight excluding hydrogens is 293 g/mol. The summed E-state index contributed by atoms with van der Waals surface area (Å²) in [6, 6.07) is 3.48. The topological polar surface area (TPSA) is 66.8 Å². The number of morpholine rings is 1. The van der Waals surface area contributed by atoms with Crippen LogP contribution < -0.4 is 0 Å². The molecule has 5 nitrogen and oxygen atoms in total. The Morgan fingerprint density at radius 1 is 1.37 bits per heavy atom. The fourth-order valence-corrected chi connectivity index (χ4v) is 2.36. The van der Waals surface area contributed by atoms with Crippen LogP contribution >= 0.6 is 23.2 Å². The van der Waals surface area contributed by atoms with Crippen LogP contribution in [0.5, 0.6) is 0 Å². The lowest BCUT2D eigenvalue weighted by atomic mass is 10.1. The van der Waals surface area contributed by atoms with Crippen molar-refractivity contribution in [2.24, 2.45) is 0 Å². The van der Waals surface area contributed by atoms with Gasteiger partial charge >= 0.3 is 5.97 Å². The first-order valence-corrected chi connectivity index (χ1v) is 6.33. The molecule has 0 spiro atoms. The molecule has 7 heteroatoms. The monoisotopic (exact) mass is 303 g/mol. The van der Waals surface area contributed by atoms with Gasteiger partial charge in [-0.15, -0.1) is 0 Å². The molecule has 1 heterocycles. The predicted molar refractivity (Wildman–Crippen MR) is 69.7 cm³/mol. The number of carbonyl (C=O) groups excluding carboxylic acids is 1. The number of carbonyl (C=O) groups is 2. The maximum absolute atomic E-state index is 12.3. The summed E-state index contributed by atoms with van der Waals surface area (Å²) in [4.78, 5) is 24.7. The van der Waals surface area contributed by atoms with Crippen molar-refractivity contribution in [3.63, 3.8) is 0 Å². The molecule has 0 radical (unpaired) electrons. The first kappa shape index (κ1) is 14.1. The summed E-state index contributed by atoms with van der Waals surface area (Å²) in [7, 11) is 0. The molecule has 1 aromatic rings. The highest BCUT2D eigenvalue weighted by atomic mass is 35.5. The van der Waals surface area contributed by atoms with Gasteiger partial charge in [-0.1, -0.05) is 23.2 Å². The Morgan fingerprint density at radius 3 is 2.74 bits per heavy atom. The lowest BCUT2D eigenvalue weighted by Gasteiger charge is -2.33. The van der Waals surface area contributed by atoms with E-state index >= 15 is 0 Å². The third kappa shape index (κ3) is 3.00. The minimum atomic E-state index is -1.10. The van der Waals surface area contributed by atoms with Crippen molar-refractivity contribution >= 4 is 35.1 Å². The molecular formula is C12H11Cl2NO4. The molecule has 1 aromatic carbocycles. The van der Waals surface area contributed by atoms with E-state index in [0.29, 0.717) is 11.6 Å². The third-order valence-corrected chi connectivity index (χ3v) is 3.38. The molecule has 0 unspecified atom stereocenters. The SMILES string of the molecule is O=C(O)[C@@H]1COCCN1C(=O)c1ccc(Cl)cc1Cl. The molecule has 2 rings (SSSR count). The number of carboxylic acids is 1. The lowest BCUT2D eigenvalue weighted by molar-refractivity contribution is -0.147. The van der Waals surface area contributed by atoms with E-state index in [9.17, 15) is 9.59 Å². The molecule has 0 aliphatic carbocycles. The summed E-state index contributed by atoms with van der Waals surface area (Å²) >= 11 is 11.7. The number of ether oxygens (including phenoxy) is 1. The zero-order chi connectivity index (χ0) is 14.0. The van der Waals surface area contributed by atoms with Crippen LogP contribution in [0.25, 0.3) is 0 Å². The summed E-state index contributed by atoms with van der Waals surface area (Å²) in [5, 5.41) is 9.71. The van der Waals surface area contributed by atoms with E-state index in [-0.39, 0.29) is 23.7 Å². The third-order valence-electron chi connectivity index (χ3n) is 2.84. The van der Waals surface area contributed by atoms with Crippen molar-refractivity contribution in [2.75, 3.05) is 19.8 Å². The van der Waals surface area contributed by atoms with Crippen LogP contribution in [0.1, 0.15) is 10.4 Å². The molecule has 0 bridgehead atoms. The highest BCUT2D eigenvalue weighted by Crippen LogP contribution is 2.23. The van der Waals surface area contributed by atoms with Gasteiger partial charge in [0.15, 0.2) is 6.04 Å². The van der Waals surface area contributed by atoms with E-state index in [1.165, 1.54) is 23.1 Å². The van der Waals surface area contributed by atoms with E-state index in [1.807, 2.05) is 0 Å². The van der Waals surface area contributed by atoms with Gasteiger partial charge in [0.2, 0.25) is 0 Å². The summed E-state index contributed by atoms with van der Waals surface area (Å²) < 4.78 is 5.08. The predicted octanol–water partition coefficient (Wildman–Crippen LogP) is 1.92. The number of rotatable bonds is 2. The fraction of sp³-hybridized carbons (Fsp3) is 0.333. The number of amides is 1. The van der Waals surface area contributed by atoms with Crippen LogP contribution in [0.4, 0.5) is 0 Å². The van der Waals surface area contributed by atoms with Gasteiger partial charge in [0.1, 0.15) is 0 Å². The van der Waals surface area contributed by atoms with Crippen LogP contribution in [0, 0.1) is 0 Å². The smallest absolute Gasteiger partial charge is 0.328 e. The van der Waals surface area contributed by atoms with Gasteiger partial charge in [-0.05, 0) is 18.2 Å². The Kier molecular flexibility index (Phi) is 4.29. The van der Waals surface area contributed by atoms with Gasteiger partial charge in [0, 0.05) is 11.6 Å². The van der Waals surface area contributed by atoms with Crippen LogP contribution in [-0.4, -0.2) is 47.7 Å². The fourth-order valence-electron chi connectivity index (χ4n) is 1.87. The van der Waals surface area contributed by atoms with Crippen molar-refractivity contribution < 1.29 is 19.4 Å². The Balaban J connectivity index is 2.28. The Bertz CT molecular complexity index is 520. The van der Waals surface area contributed by atoms with Crippen LogP contribution in [0.3, 0.4) is 0 Å². The standard InChI is InChI=1S/C12H11Cl2NO4/c13-7-1-2-8(9(14)5-7)11(16)15-3-4-19-6-10(15)12(17)18/h1-2,5,10H,3-4,6H2,(H,17,18)/t10-/m0/s1. The van der Waals surface area contributed by atoms with Crippen molar-refractivity contribution in [1.29, 1.82) is 0 Å². The Morgan fingerprint density at radius 2 is 2.11 bits per heavy atom. The lowest BCUT2D eigenvalue weighted by Crippen LogP contribution is -2.52. The summed E-state index contributed by atoms with van der Waals surface area (Å²) in [6.45, 7) is 0.502. The summed E-state index contributed by atoms with van der Waals surface area (Å²) in [6.07, 6.45) is 0. The molecule has 1 amide bonds. The van der Waals surface area contributed by atoms with Gasteiger partial charge in [0.25, 0.3) is 5.91 Å². The van der Waals surface area contributed by atoms with Crippen LogP contribution in [-0.2, 0) is 9.53 Å². The van der Waals surface area contributed by atoms with E-state index in [0.717, 1.165) is 0 Å². The van der Waals surface area contributed by atoms with Crippen LogP contribution in [0.15, 0.2) is 18.2 Å². The molecule has 1 N–H and O–H groups in total. The molecule has 0 saturated carbocycles. The van der Waals surface area contributed by atoms with Gasteiger partial charge in [-0.2, -0.15) is 0 Å². The molecule has 1 aliphatic rings. The van der Waals surface area contributed by atoms with E-state index in [1.54, 1.807) is 0 Å². The molecule has 19 heavy (non-hydrogen) atoms. The zero-order valence-corrected chi connectivity index (χ0v) is 11.3. The number of carboxylic acid groups (broad SMARTS) is 1. The summed E-state index contributed by atoms with van der Waals surface area (Å²) in [5.74, 6) is -1.53. The number of halogens is 2. The highest BCUT2D eigenvalue weighted by Gasteiger charge is 2.33. The second-order valence-electron chi connectivity index (χ2n) is 4.05. The molecule has 0 aromatic heterocycles. The summed E-state index contributed by atoms with van der Waals surface area (Å²) in [5.41, 5.74) is 0.235. The largest absolute Gasteiger partial charge is 0.480 e. The Labute approximate surface area is 119 Å². The second kappa shape index (κ2) is 5.77. The van der Waals surface area contributed by atoms with Crippen LogP contribution in [0.2, 0.25) is 10.0 Å². The number of hydrogen-bond acceptors (Lipinski definition) is 3. The minimum absolute atomic E-state index is 0.0215. The minimum Gasteiger partial charge on any atom is -0.480 e. The van der Waals surface area contributed by atoms with Crippen molar-refractivity contribution in [1.82, 2.24) is 4.90 Å². The number of hydrogen-bond donors (Lipinski definition) is 1. The molecule has 1 aliphatic heterocycles. The molecule has 1 saturated heterocycles. The number of aliphatic carboxylic acids is 1. The van der Waals surface area contributed by atoms with E-state index < -0.39 is 17.9 Å². The zero-order valence-electron chi connectivity index (χ0n) is 9.81. The first-order valence-electron chi connectivity index (χ1n) is 5.57. The quantitative estimate of drug-likeness (QED) is 0.906. The molecule has 102 valence electrons. The highest BCUT2D eigenvalue weighted by molar-refractivity contribution is 6.36. The van der Waals surface area contributed by atoms with Gasteiger partial charge < -0.3 is 14.7 Å². The number of benzene rings is 1. The maximum atomic E-state index is 12.3. The molecule has 1 atom stereocenters. The van der Waals surface area contributed by atoms with Gasteiger partial charge in [-0.25, -0.2) is 4.79 Å². The van der Waals surface area contributed by atoms with Gasteiger partial charge in [-0.3, -0.25) is 4.79 Å². The van der Waals surface area contributed by atoms with Crippen molar-refractivity contribution in [2.45, 2.75) is 6.04 Å². The van der Waals surface area contributed by atoms with Crippen molar-refractivity contribution in [3.8, 4) is 0 Å². The van der Waals surface area contributed by atoms with Crippen molar-refractivity contribution in [3.05, 3.63) is 33.8 Å². The van der Waals surface area contributed by atoms with E-state index in [4.69, 9.17) is 33.0 Å². The average Bonchev–Trinajstić information content (AvgIpc) is 2.38. The average molecular weight is 304 g/mol. The Hall–Kier alpha value is -1.30. The first-order chi connectivity index (χ1) is 9.00. The van der Waals surface area contributed by atoms with E-state index in [2.05, 4.69) is 0 Å². The van der Waals surface area contributed by atoms with Gasteiger partial charge in [0.05, 0.1) is 23.8 Å². The number of nitrogens with zero attached hydrogens (tertiary/aromatic N) is 1. The second-order valence-corrected chi connectivity index (χ2v) is 4.90. The molecule has 1 fully saturated rings. The maximum Gasteiger partial charge on any atom is 0.328 e. The normalized spacial score (nSPS) is 19.3.